The number of pyridine rings is 1. The Labute approximate surface area is 230 Å². The van der Waals surface area contributed by atoms with Gasteiger partial charge in [0, 0.05) is 67.1 Å². The summed E-state index contributed by atoms with van der Waals surface area (Å²) in [6.07, 6.45) is 0.726. The summed E-state index contributed by atoms with van der Waals surface area (Å²) in [5.41, 5.74) is 2.73. The second-order valence-electron chi connectivity index (χ2n) is 10.0. The first kappa shape index (κ1) is 26.9. The fraction of sp³-hybridized carbons (Fsp3) is 0.345. The smallest absolute Gasteiger partial charge is 0.251 e. The third kappa shape index (κ3) is 5.84. The highest BCUT2D eigenvalue weighted by Gasteiger charge is 2.35. The number of nitrogens with zero attached hydrogens (tertiary/aromatic N) is 2. The number of aromatic nitrogens is 1. The van der Waals surface area contributed by atoms with Crippen LogP contribution in [0.4, 0.5) is 15.8 Å². The number of amides is 2. The van der Waals surface area contributed by atoms with Crippen molar-refractivity contribution in [2.75, 3.05) is 43.6 Å². The van der Waals surface area contributed by atoms with E-state index in [4.69, 9.17) is 16.3 Å². The molecule has 2 N–H and O–H groups in total. The van der Waals surface area contributed by atoms with Gasteiger partial charge in [-0.1, -0.05) is 23.7 Å². The van der Waals surface area contributed by atoms with Crippen LogP contribution < -0.4 is 21.1 Å². The van der Waals surface area contributed by atoms with Gasteiger partial charge < -0.3 is 24.8 Å². The summed E-state index contributed by atoms with van der Waals surface area (Å²) in [5.74, 6) is -0.885. The Balaban J connectivity index is 1.44. The van der Waals surface area contributed by atoms with Gasteiger partial charge in [-0.25, -0.2) is 4.39 Å². The molecule has 5 rings (SSSR count). The van der Waals surface area contributed by atoms with Crippen LogP contribution in [0.1, 0.15) is 34.0 Å². The first-order valence-electron chi connectivity index (χ1n) is 12.9. The second kappa shape index (κ2) is 11.6. The molecule has 0 aliphatic carbocycles. The molecule has 3 aromatic rings. The highest BCUT2D eigenvalue weighted by Crippen LogP contribution is 2.39. The molecule has 2 aromatic carbocycles. The molecule has 10 heteroatoms. The van der Waals surface area contributed by atoms with E-state index in [-0.39, 0.29) is 40.3 Å². The maximum Gasteiger partial charge on any atom is 0.251 e. The minimum atomic E-state index is -0.554. The molecule has 2 amide bonds. The summed E-state index contributed by atoms with van der Waals surface area (Å²) < 4.78 is 21.2. The van der Waals surface area contributed by atoms with Gasteiger partial charge in [0.15, 0.2) is 0 Å². The Morgan fingerprint density at radius 1 is 1.10 bits per heavy atom. The zero-order chi connectivity index (χ0) is 27.5. The van der Waals surface area contributed by atoms with E-state index in [2.05, 4.69) is 15.5 Å². The third-order valence-corrected chi connectivity index (χ3v) is 7.70. The average Bonchev–Trinajstić information content (AvgIpc) is 2.91. The number of hydrogen-bond donors (Lipinski definition) is 2. The van der Waals surface area contributed by atoms with Crippen LogP contribution in [0, 0.1) is 11.7 Å². The van der Waals surface area contributed by atoms with Crippen molar-refractivity contribution in [2.45, 2.75) is 25.3 Å². The van der Waals surface area contributed by atoms with Crippen molar-refractivity contribution in [1.82, 2.24) is 9.88 Å². The molecule has 3 heterocycles. The highest BCUT2D eigenvalue weighted by molar-refractivity contribution is 6.31. The topological polar surface area (TPSA) is 92.7 Å². The molecule has 1 fully saturated rings. The summed E-state index contributed by atoms with van der Waals surface area (Å²) >= 11 is 6.15. The number of benzene rings is 2. The number of ether oxygens (including phenoxy) is 1. The second-order valence-corrected chi connectivity index (χ2v) is 10.4. The van der Waals surface area contributed by atoms with Gasteiger partial charge in [0.05, 0.1) is 24.4 Å². The number of rotatable bonds is 8. The zero-order valence-electron chi connectivity index (χ0n) is 21.6. The standard InChI is InChI=1S/C29H30ClFN4O4/c1-39-11-10-32-29(38)19-8-9-26(24(13-19)33-27(36)14-21-22(30)4-2-5-23(21)31)34-15-18-12-20(17-34)25-6-3-7-28(37)35(25)16-18/h2-9,13,18,20H,10-12,14-17H2,1H3,(H,32,38)(H,33,36)/t18-,20+/m1/s1. The Kier molecular flexibility index (Phi) is 7.99. The van der Waals surface area contributed by atoms with Gasteiger partial charge in [-0.05, 0) is 48.7 Å². The fourth-order valence-corrected chi connectivity index (χ4v) is 5.80. The number of methoxy groups -OCH3 is 1. The van der Waals surface area contributed by atoms with Crippen LogP contribution in [0.25, 0.3) is 0 Å². The van der Waals surface area contributed by atoms with Gasteiger partial charge in [-0.3, -0.25) is 14.4 Å². The Morgan fingerprint density at radius 3 is 2.72 bits per heavy atom. The number of anilines is 2. The number of halogens is 2. The molecule has 1 saturated heterocycles. The predicted molar refractivity (Wildman–Crippen MR) is 148 cm³/mol. The normalized spacial score (nSPS) is 17.9. The lowest BCUT2D eigenvalue weighted by atomic mass is 9.83. The van der Waals surface area contributed by atoms with Crippen molar-refractivity contribution in [1.29, 1.82) is 0 Å². The van der Waals surface area contributed by atoms with E-state index in [9.17, 15) is 18.8 Å². The largest absolute Gasteiger partial charge is 0.383 e. The molecule has 8 nitrogen and oxygen atoms in total. The molecule has 2 atom stereocenters. The SMILES string of the molecule is COCCNC(=O)c1ccc(N2C[C@H]3C[C@@H](C2)c2cccc(=O)n2C3)c(NC(=O)Cc2c(F)cccc2Cl)c1. The van der Waals surface area contributed by atoms with Crippen LogP contribution in [0.2, 0.25) is 5.02 Å². The van der Waals surface area contributed by atoms with Gasteiger partial charge in [-0.15, -0.1) is 0 Å². The summed E-state index contributed by atoms with van der Waals surface area (Å²) in [5, 5.41) is 5.87. The first-order valence-corrected chi connectivity index (χ1v) is 13.3. The Morgan fingerprint density at radius 2 is 1.92 bits per heavy atom. The molecule has 2 aliphatic rings. The maximum atomic E-state index is 14.4. The maximum absolute atomic E-state index is 14.4. The molecular weight excluding hydrogens is 523 g/mol. The highest BCUT2D eigenvalue weighted by atomic mass is 35.5. The van der Waals surface area contributed by atoms with Crippen molar-refractivity contribution in [3.63, 3.8) is 0 Å². The first-order chi connectivity index (χ1) is 18.8. The molecule has 2 aliphatic heterocycles. The molecule has 2 bridgehead atoms. The van der Waals surface area contributed by atoms with Crippen molar-refractivity contribution < 1.29 is 18.7 Å². The molecular formula is C29H30ClFN4O4. The molecule has 0 spiro atoms. The monoisotopic (exact) mass is 552 g/mol. The minimum Gasteiger partial charge on any atom is -0.383 e. The lowest BCUT2D eigenvalue weighted by Crippen LogP contribution is -2.47. The Hall–Kier alpha value is -3.69. The van der Waals surface area contributed by atoms with Crippen molar-refractivity contribution in [2.24, 2.45) is 5.92 Å². The van der Waals surface area contributed by atoms with E-state index in [1.807, 2.05) is 16.7 Å². The predicted octanol–water partition coefficient (Wildman–Crippen LogP) is 3.82. The summed E-state index contributed by atoms with van der Waals surface area (Å²) in [6, 6.07) is 14.9. The number of carbonyl (C=O) groups is 2. The molecule has 0 radical (unpaired) electrons. The van der Waals surface area contributed by atoms with Crippen LogP contribution in [-0.4, -0.2) is 49.7 Å². The molecule has 204 valence electrons. The van der Waals surface area contributed by atoms with E-state index < -0.39 is 11.7 Å². The Bertz CT molecular complexity index is 1440. The minimum absolute atomic E-state index is 0.0132. The van der Waals surface area contributed by atoms with Crippen LogP contribution in [0.15, 0.2) is 59.4 Å². The van der Waals surface area contributed by atoms with Gasteiger partial charge in [0.2, 0.25) is 5.91 Å². The average molecular weight is 553 g/mol. The van der Waals surface area contributed by atoms with Gasteiger partial charge in [0.25, 0.3) is 11.5 Å². The van der Waals surface area contributed by atoms with Crippen LogP contribution in [-0.2, 0) is 22.5 Å². The molecule has 39 heavy (non-hydrogen) atoms. The number of fused-ring (bicyclic) bond motifs is 4. The van der Waals surface area contributed by atoms with E-state index >= 15 is 0 Å². The van der Waals surface area contributed by atoms with Gasteiger partial charge >= 0.3 is 0 Å². The van der Waals surface area contributed by atoms with Gasteiger partial charge in [-0.2, -0.15) is 0 Å². The van der Waals surface area contributed by atoms with E-state index in [0.29, 0.717) is 44.0 Å². The quantitative estimate of drug-likeness (QED) is 0.415. The van der Waals surface area contributed by atoms with Crippen LogP contribution >= 0.6 is 11.6 Å². The fourth-order valence-electron chi connectivity index (χ4n) is 5.57. The molecule has 1 aromatic heterocycles. The molecule has 0 unspecified atom stereocenters. The number of piperidine rings is 1. The van der Waals surface area contributed by atoms with E-state index in [1.54, 1.807) is 37.4 Å². The lowest BCUT2D eigenvalue weighted by Gasteiger charge is -2.44. The summed E-state index contributed by atoms with van der Waals surface area (Å²) in [6.45, 7) is 2.70. The van der Waals surface area contributed by atoms with Crippen LogP contribution in [0.3, 0.4) is 0 Å². The van der Waals surface area contributed by atoms with Crippen molar-refractivity contribution >= 4 is 34.8 Å². The van der Waals surface area contributed by atoms with Crippen molar-refractivity contribution in [3.05, 3.63) is 92.6 Å². The number of carbonyl (C=O) groups excluding carboxylic acids is 2. The number of nitrogens with one attached hydrogen (secondary N) is 2. The lowest BCUT2D eigenvalue weighted by molar-refractivity contribution is -0.115. The van der Waals surface area contributed by atoms with E-state index in [1.165, 1.54) is 12.1 Å². The van der Waals surface area contributed by atoms with Gasteiger partial charge in [0.1, 0.15) is 5.82 Å². The van der Waals surface area contributed by atoms with Crippen molar-refractivity contribution in [3.8, 4) is 0 Å². The van der Waals surface area contributed by atoms with Crippen LogP contribution in [0.5, 0.6) is 0 Å². The summed E-state index contributed by atoms with van der Waals surface area (Å²) in [7, 11) is 1.55. The zero-order valence-corrected chi connectivity index (χ0v) is 22.3. The summed E-state index contributed by atoms with van der Waals surface area (Å²) in [4.78, 5) is 40.5. The van der Waals surface area contributed by atoms with E-state index in [0.717, 1.165) is 17.8 Å². The number of hydrogen-bond acceptors (Lipinski definition) is 5. The third-order valence-electron chi connectivity index (χ3n) is 7.34. The molecule has 0 saturated carbocycles.